The third-order valence-corrected chi connectivity index (χ3v) is 5.46. The molecule has 0 spiro atoms. The fourth-order valence-electron chi connectivity index (χ4n) is 3.24. The van der Waals surface area contributed by atoms with Crippen molar-refractivity contribution in [3.05, 3.63) is 0 Å². The van der Waals surface area contributed by atoms with Crippen LogP contribution in [0.25, 0.3) is 0 Å². The van der Waals surface area contributed by atoms with Gasteiger partial charge in [0.1, 0.15) is 0 Å². The van der Waals surface area contributed by atoms with E-state index in [9.17, 15) is 9.46 Å². The largest absolute Gasteiger partial charge is 1.00 e. The second-order valence-electron chi connectivity index (χ2n) is 8.92. The average Bonchev–Trinajstić information content (AvgIpc) is 1.89. The maximum absolute atomic E-state index is 12.3. The van der Waals surface area contributed by atoms with Crippen LogP contribution in [0.1, 0.15) is 68.2 Å². The molecule has 0 aliphatic heterocycles. The van der Waals surface area contributed by atoms with Crippen molar-refractivity contribution < 1.29 is 60.8 Å². The summed E-state index contributed by atoms with van der Waals surface area (Å²) in [7, 11) is -3.23. The van der Waals surface area contributed by atoms with Crippen LogP contribution in [0.5, 0.6) is 0 Å². The van der Waals surface area contributed by atoms with E-state index >= 15 is 0 Å². The maximum Gasteiger partial charge on any atom is 1.00 e. The molecular weight excluding hydrogens is 294 g/mol. The van der Waals surface area contributed by atoms with Crippen LogP contribution >= 0.6 is 7.37 Å². The van der Waals surface area contributed by atoms with E-state index < -0.39 is 7.37 Å². The van der Waals surface area contributed by atoms with Crippen LogP contribution in [0.3, 0.4) is 0 Å². The van der Waals surface area contributed by atoms with Crippen LogP contribution in [0.15, 0.2) is 0 Å². The Morgan fingerprint density at radius 1 is 0.850 bits per heavy atom. The summed E-state index contributed by atoms with van der Waals surface area (Å²) < 4.78 is 12.3. The van der Waals surface area contributed by atoms with Crippen LogP contribution in [0.2, 0.25) is 0 Å². The monoisotopic (exact) mass is 328 g/mol. The molecule has 0 radical (unpaired) electrons. The standard InChI is InChI=1S/C16H35O2P.K/c1-13(9-15(3,4)5)11-19(17,18)12-14(2)10-16(6,7)8;/h13-14H,9-12H2,1-8H3,(H,17,18);/q;+1/p-1. The van der Waals surface area contributed by atoms with Crippen molar-refractivity contribution in [2.24, 2.45) is 22.7 Å². The molecule has 0 N–H and O–H groups in total. The van der Waals surface area contributed by atoms with Gasteiger partial charge in [-0.05, 0) is 47.8 Å². The molecule has 116 valence electrons. The maximum atomic E-state index is 12.3. The Morgan fingerprint density at radius 3 is 1.30 bits per heavy atom. The van der Waals surface area contributed by atoms with Gasteiger partial charge in [-0.25, -0.2) is 0 Å². The topological polar surface area (TPSA) is 40.1 Å². The van der Waals surface area contributed by atoms with Gasteiger partial charge in [-0.3, -0.25) is 0 Å². The average molecular weight is 329 g/mol. The molecule has 4 heteroatoms. The second-order valence-corrected chi connectivity index (χ2v) is 11.3. The third-order valence-electron chi connectivity index (χ3n) is 3.10. The summed E-state index contributed by atoms with van der Waals surface area (Å²) in [6.45, 7) is 17.1. The Hall–Kier alpha value is 1.83. The van der Waals surface area contributed by atoms with Crippen molar-refractivity contribution in [1.82, 2.24) is 0 Å². The summed E-state index contributed by atoms with van der Waals surface area (Å²) in [6, 6.07) is 0. The molecule has 0 aromatic heterocycles. The van der Waals surface area contributed by atoms with Gasteiger partial charge < -0.3 is 9.46 Å². The molecule has 0 aromatic carbocycles. The Balaban J connectivity index is 0. The van der Waals surface area contributed by atoms with Gasteiger partial charge in [0.2, 0.25) is 0 Å². The number of hydrogen-bond donors (Lipinski definition) is 0. The van der Waals surface area contributed by atoms with Gasteiger partial charge in [0.15, 0.2) is 0 Å². The van der Waals surface area contributed by atoms with Gasteiger partial charge >= 0.3 is 51.4 Å². The molecule has 0 rings (SSSR count). The molecule has 2 unspecified atom stereocenters. The van der Waals surface area contributed by atoms with E-state index in [2.05, 4.69) is 55.4 Å². The summed E-state index contributed by atoms with van der Waals surface area (Å²) in [5.41, 5.74) is 0.410. The van der Waals surface area contributed by atoms with Crippen LogP contribution in [0, 0.1) is 22.7 Å². The molecule has 0 heterocycles. The number of hydrogen-bond acceptors (Lipinski definition) is 2. The molecule has 0 aliphatic rings. The van der Waals surface area contributed by atoms with Gasteiger partial charge in [0.25, 0.3) is 0 Å². The summed E-state index contributed by atoms with van der Waals surface area (Å²) >= 11 is 0. The van der Waals surface area contributed by atoms with Crippen LogP contribution < -0.4 is 56.3 Å². The van der Waals surface area contributed by atoms with Crippen molar-refractivity contribution >= 4 is 7.37 Å². The van der Waals surface area contributed by atoms with Gasteiger partial charge in [0.05, 0.1) is 0 Å². The van der Waals surface area contributed by atoms with E-state index in [-0.39, 0.29) is 74.1 Å². The van der Waals surface area contributed by atoms with E-state index in [1.807, 2.05) is 0 Å². The first kappa shape index (κ1) is 24.1. The fourth-order valence-corrected chi connectivity index (χ4v) is 5.55. The third kappa shape index (κ3) is 14.8. The van der Waals surface area contributed by atoms with E-state index in [4.69, 9.17) is 0 Å². The zero-order valence-corrected chi connectivity index (χ0v) is 19.3. The molecule has 0 fully saturated rings. The van der Waals surface area contributed by atoms with Gasteiger partial charge in [-0.1, -0.05) is 55.4 Å². The molecule has 0 aromatic rings. The van der Waals surface area contributed by atoms with Crippen molar-refractivity contribution in [1.29, 1.82) is 0 Å². The van der Waals surface area contributed by atoms with Gasteiger partial charge in [-0.2, -0.15) is 0 Å². The van der Waals surface area contributed by atoms with Crippen LogP contribution in [-0.2, 0) is 4.57 Å². The minimum absolute atomic E-state index is 0. The first-order chi connectivity index (χ1) is 8.20. The molecule has 2 atom stereocenters. The first-order valence-electron chi connectivity index (χ1n) is 7.49. The summed E-state index contributed by atoms with van der Waals surface area (Å²) in [4.78, 5) is 12.3. The minimum atomic E-state index is -3.23. The van der Waals surface area contributed by atoms with Crippen molar-refractivity contribution in [3.63, 3.8) is 0 Å². The predicted molar refractivity (Wildman–Crippen MR) is 83.8 cm³/mol. The van der Waals surface area contributed by atoms with Crippen molar-refractivity contribution in [2.75, 3.05) is 12.3 Å². The molecular formula is C16H34KO2P. The zero-order chi connectivity index (χ0) is 15.5. The van der Waals surface area contributed by atoms with Crippen molar-refractivity contribution in [3.8, 4) is 0 Å². The Labute approximate surface area is 169 Å². The zero-order valence-electron chi connectivity index (χ0n) is 15.2. The first-order valence-corrected chi connectivity index (χ1v) is 9.49. The van der Waals surface area contributed by atoms with E-state index in [1.165, 1.54) is 0 Å². The Morgan fingerprint density at radius 2 is 1.10 bits per heavy atom. The van der Waals surface area contributed by atoms with E-state index in [0.717, 1.165) is 12.8 Å². The smallest absolute Gasteiger partial charge is 0.799 e. The van der Waals surface area contributed by atoms with Crippen molar-refractivity contribution in [2.45, 2.75) is 68.2 Å². The molecule has 0 saturated heterocycles. The Bertz CT molecular complexity index is 287. The number of rotatable bonds is 6. The van der Waals surface area contributed by atoms with E-state index in [1.54, 1.807) is 0 Å². The Kier molecular flexibility index (Phi) is 11.1. The van der Waals surface area contributed by atoms with Crippen LogP contribution in [0.4, 0.5) is 0 Å². The molecule has 0 amide bonds. The second kappa shape index (κ2) is 9.20. The van der Waals surface area contributed by atoms with Gasteiger partial charge in [-0.15, -0.1) is 0 Å². The molecule has 0 saturated carbocycles. The predicted octanol–water partition coefficient (Wildman–Crippen LogP) is 1.77. The van der Waals surface area contributed by atoms with E-state index in [0.29, 0.717) is 12.3 Å². The summed E-state index contributed by atoms with van der Waals surface area (Å²) in [6.07, 6.45) is 2.65. The quantitative estimate of drug-likeness (QED) is 0.551. The fraction of sp³-hybridized carbons (Fsp3) is 1.00. The summed E-state index contributed by atoms with van der Waals surface area (Å²) in [5, 5.41) is 0. The minimum Gasteiger partial charge on any atom is -0.799 e. The molecule has 0 bridgehead atoms. The summed E-state index contributed by atoms with van der Waals surface area (Å²) in [5.74, 6) is 0.510. The molecule has 0 aliphatic carbocycles. The van der Waals surface area contributed by atoms with Gasteiger partial charge in [0, 0.05) is 7.37 Å². The SMILES string of the molecule is CC(CC(C)(C)C)CP(=O)([O-])CC(C)CC(C)(C)C.[K+]. The molecule has 2 nitrogen and oxygen atoms in total. The normalized spacial score (nSPS) is 18.9. The molecule has 20 heavy (non-hydrogen) atoms. The van der Waals surface area contributed by atoms with Crippen LogP contribution in [-0.4, -0.2) is 12.3 Å².